The topological polar surface area (TPSA) is 99.8 Å². The molecule has 0 aliphatic carbocycles. The summed E-state index contributed by atoms with van der Waals surface area (Å²) in [5.41, 5.74) is 10.7. The number of amides is 1. The lowest BCUT2D eigenvalue weighted by Crippen LogP contribution is -2.38. The summed E-state index contributed by atoms with van der Waals surface area (Å²) in [6.45, 7) is 0.955. The maximum Gasteiger partial charge on any atom is 0.235 e. The molecule has 17 heavy (non-hydrogen) atoms. The molecule has 1 amide bonds. The minimum Gasteiger partial charge on any atom is -0.368 e. The van der Waals surface area contributed by atoms with E-state index in [1.54, 1.807) is 0 Å². The van der Waals surface area contributed by atoms with Gasteiger partial charge in [0.05, 0.1) is 6.04 Å². The highest BCUT2D eigenvalue weighted by Crippen LogP contribution is 2.21. The van der Waals surface area contributed by atoms with E-state index < -0.39 is 11.9 Å². The molecule has 1 aromatic rings. The third kappa shape index (κ3) is 2.98. The molecule has 2 rings (SSSR count). The lowest BCUT2D eigenvalue weighted by Gasteiger charge is -2.08. The van der Waals surface area contributed by atoms with Crippen molar-refractivity contribution in [1.82, 2.24) is 14.8 Å². The molecule has 1 atom stereocenters. The fourth-order valence-corrected chi connectivity index (χ4v) is 2.76. The van der Waals surface area contributed by atoms with Crippen LogP contribution in [0, 0.1) is 0 Å². The second kappa shape index (κ2) is 5.50. The zero-order valence-corrected chi connectivity index (χ0v) is 10.4. The monoisotopic (exact) mass is 255 g/mol. The summed E-state index contributed by atoms with van der Waals surface area (Å²) in [5, 5.41) is 9.16. The molecule has 6 nitrogen and oxygen atoms in total. The highest BCUT2D eigenvalue weighted by molar-refractivity contribution is 7.99. The average molecular weight is 255 g/mol. The number of aryl methyl sites for hydroxylation is 1. The Balaban J connectivity index is 2.01. The van der Waals surface area contributed by atoms with Crippen LogP contribution in [0.4, 0.5) is 0 Å². The van der Waals surface area contributed by atoms with Crippen LogP contribution in [-0.2, 0) is 17.8 Å². The average Bonchev–Trinajstić information content (AvgIpc) is 2.54. The number of thioether (sulfide) groups is 1. The van der Waals surface area contributed by atoms with E-state index in [-0.39, 0.29) is 0 Å². The Hall–Kier alpha value is -1.08. The molecule has 0 bridgehead atoms. The molecule has 1 aliphatic heterocycles. The van der Waals surface area contributed by atoms with Gasteiger partial charge in [-0.15, -0.1) is 10.2 Å². The SMILES string of the molecule is NC(=O)C(N)CSc1nnc2n1CCCCC2. The Kier molecular flexibility index (Phi) is 4.01. The molecule has 4 N–H and O–H groups in total. The molecule has 0 aromatic carbocycles. The van der Waals surface area contributed by atoms with E-state index in [1.165, 1.54) is 24.6 Å². The summed E-state index contributed by atoms with van der Waals surface area (Å²) in [6.07, 6.45) is 4.54. The largest absolute Gasteiger partial charge is 0.368 e. The summed E-state index contributed by atoms with van der Waals surface area (Å²) >= 11 is 1.45. The lowest BCUT2D eigenvalue weighted by atomic mass is 10.2. The second-order valence-corrected chi connectivity index (χ2v) is 5.17. The molecular formula is C10H17N5OS. The minimum absolute atomic E-state index is 0.452. The second-order valence-electron chi connectivity index (χ2n) is 4.18. The number of carbonyl (C=O) groups excluding carboxylic acids is 1. The summed E-state index contributed by atoms with van der Waals surface area (Å²) in [6, 6.07) is -0.626. The van der Waals surface area contributed by atoms with Crippen molar-refractivity contribution in [2.75, 3.05) is 5.75 Å². The van der Waals surface area contributed by atoms with E-state index in [9.17, 15) is 4.79 Å². The third-order valence-corrected chi connectivity index (χ3v) is 3.92. The first-order valence-corrected chi connectivity index (χ1v) is 6.77. The van der Waals surface area contributed by atoms with Crippen LogP contribution in [0.1, 0.15) is 25.1 Å². The van der Waals surface area contributed by atoms with E-state index in [1.807, 2.05) is 0 Å². The Bertz CT molecular complexity index is 405. The Morgan fingerprint density at radius 3 is 3.00 bits per heavy atom. The highest BCUT2D eigenvalue weighted by Gasteiger charge is 2.17. The molecule has 0 saturated carbocycles. The van der Waals surface area contributed by atoms with Crippen molar-refractivity contribution in [3.8, 4) is 0 Å². The first-order valence-electron chi connectivity index (χ1n) is 5.78. The number of hydrogen-bond acceptors (Lipinski definition) is 5. The maximum atomic E-state index is 10.8. The van der Waals surface area contributed by atoms with Crippen LogP contribution in [0.3, 0.4) is 0 Å². The summed E-state index contributed by atoms with van der Waals surface area (Å²) in [7, 11) is 0. The Morgan fingerprint density at radius 2 is 2.24 bits per heavy atom. The van der Waals surface area contributed by atoms with Crippen LogP contribution < -0.4 is 11.5 Å². The normalized spacial score (nSPS) is 17.2. The number of nitrogens with two attached hydrogens (primary N) is 2. The summed E-state index contributed by atoms with van der Waals surface area (Å²) in [5.74, 6) is 1.01. The van der Waals surface area contributed by atoms with E-state index >= 15 is 0 Å². The number of carbonyl (C=O) groups is 1. The fraction of sp³-hybridized carbons (Fsp3) is 0.700. The number of hydrogen-bond donors (Lipinski definition) is 2. The standard InChI is InChI=1S/C10H17N5OS/c11-7(9(12)16)6-17-10-14-13-8-4-2-1-3-5-15(8)10/h7H,1-6,11H2,(H2,12,16). The van der Waals surface area contributed by atoms with Crippen molar-refractivity contribution in [3.63, 3.8) is 0 Å². The van der Waals surface area contributed by atoms with E-state index in [0.717, 1.165) is 30.4 Å². The molecule has 2 heterocycles. The van der Waals surface area contributed by atoms with Gasteiger partial charge in [-0.05, 0) is 12.8 Å². The smallest absolute Gasteiger partial charge is 0.235 e. The van der Waals surface area contributed by atoms with E-state index in [4.69, 9.17) is 11.5 Å². The first-order chi connectivity index (χ1) is 8.18. The van der Waals surface area contributed by atoms with Crippen molar-refractivity contribution in [2.24, 2.45) is 11.5 Å². The third-order valence-electron chi connectivity index (χ3n) is 2.83. The van der Waals surface area contributed by atoms with Crippen molar-refractivity contribution < 1.29 is 4.79 Å². The van der Waals surface area contributed by atoms with E-state index in [2.05, 4.69) is 14.8 Å². The molecule has 1 aromatic heterocycles. The van der Waals surface area contributed by atoms with Crippen LogP contribution in [0.5, 0.6) is 0 Å². The van der Waals surface area contributed by atoms with Crippen molar-refractivity contribution >= 4 is 17.7 Å². The van der Waals surface area contributed by atoms with Crippen LogP contribution in [-0.4, -0.2) is 32.5 Å². The van der Waals surface area contributed by atoms with Crippen molar-refractivity contribution in [3.05, 3.63) is 5.82 Å². The van der Waals surface area contributed by atoms with Gasteiger partial charge in [0.15, 0.2) is 5.16 Å². The van der Waals surface area contributed by atoms with Gasteiger partial charge in [-0.1, -0.05) is 18.2 Å². The predicted octanol–water partition coefficient (Wildman–Crippen LogP) is -0.0908. The predicted molar refractivity (Wildman–Crippen MR) is 65.5 cm³/mol. The van der Waals surface area contributed by atoms with Crippen LogP contribution in [0.25, 0.3) is 0 Å². The molecule has 1 aliphatic rings. The molecular weight excluding hydrogens is 238 g/mol. The Labute approximate surface area is 104 Å². The van der Waals surface area contributed by atoms with Gasteiger partial charge in [0.2, 0.25) is 5.91 Å². The molecule has 0 spiro atoms. The van der Waals surface area contributed by atoms with Gasteiger partial charge in [0.1, 0.15) is 5.82 Å². The van der Waals surface area contributed by atoms with Crippen LogP contribution in [0.2, 0.25) is 0 Å². The first kappa shape index (κ1) is 12.4. The van der Waals surface area contributed by atoms with Gasteiger partial charge in [-0.3, -0.25) is 4.79 Å². The number of aromatic nitrogens is 3. The summed E-state index contributed by atoms with van der Waals surface area (Å²) < 4.78 is 2.13. The lowest BCUT2D eigenvalue weighted by molar-refractivity contribution is -0.118. The number of fused-ring (bicyclic) bond motifs is 1. The number of primary amides is 1. The number of rotatable bonds is 4. The molecule has 0 fully saturated rings. The van der Waals surface area contributed by atoms with Crippen molar-refractivity contribution in [1.29, 1.82) is 0 Å². The van der Waals surface area contributed by atoms with E-state index in [0.29, 0.717) is 5.75 Å². The Morgan fingerprint density at radius 1 is 1.41 bits per heavy atom. The fourth-order valence-electron chi connectivity index (χ4n) is 1.81. The quantitative estimate of drug-likeness (QED) is 0.732. The van der Waals surface area contributed by atoms with Gasteiger partial charge in [0, 0.05) is 18.7 Å². The van der Waals surface area contributed by atoms with Gasteiger partial charge < -0.3 is 16.0 Å². The van der Waals surface area contributed by atoms with Gasteiger partial charge in [0.25, 0.3) is 0 Å². The highest BCUT2D eigenvalue weighted by atomic mass is 32.2. The van der Waals surface area contributed by atoms with Crippen LogP contribution in [0.15, 0.2) is 5.16 Å². The molecule has 1 unspecified atom stereocenters. The zero-order valence-electron chi connectivity index (χ0n) is 9.63. The van der Waals surface area contributed by atoms with Crippen LogP contribution >= 0.6 is 11.8 Å². The van der Waals surface area contributed by atoms with Crippen molar-refractivity contribution in [2.45, 2.75) is 43.4 Å². The van der Waals surface area contributed by atoms with Gasteiger partial charge >= 0.3 is 0 Å². The number of nitrogens with zero attached hydrogens (tertiary/aromatic N) is 3. The molecule has 7 heteroatoms. The molecule has 0 saturated heterocycles. The molecule has 0 radical (unpaired) electrons. The van der Waals surface area contributed by atoms with Gasteiger partial charge in [-0.25, -0.2) is 0 Å². The zero-order chi connectivity index (χ0) is 12.3. The van der Waals surface area contributed by atoms with Gasteiger partial charge in [-0.2, -0.15) is 0 Å². The summed E-state index contributed by atoms with van der Waals surface area (Å²) in [4.78, 5) is 10.8. The maximum absolute atomic E-state index is 10.8. The minimum atomic E-state index is -0.626. The molecule has 94 valence electrons.